The standard InChI is InChI=1S/C19H26O2/c1-19(15-6-12-4-13(8-15)9-16(19)7-12)21-18(20)17-10-11-2-3-14(17)5-11/h2-3,11-17H,4-10H2,1H3/t11-,12?,13?,14-,15?,16?,17+,19?/m0/s1. The Labute approximate surface area is 127 Å². The highest BCUT2D eigenvalue weighted by Crippen LogP contribution is 2.60. The van der Waals surface area contributed by atoms with Gasteiger partial charge in [0, 0.05) is 0 Å². The lowest BCUT2D eigenvalue weighted by atomic mass is 9.50. The zero-order valence-electron chi connectivity index (χ0n) is 13.0. The Kier molecular flexibility index (Phi) is 2.51. The molecule has 3 atom stereocenters. The predicted molar refractivity (Wildman–Crippen MR) is 80.4 cm³/mol. The lowest BCUT2D eigenvalue weighted by Gasteiger charge is -2.59. The highest BCUT2D eigenvalue weighted by Gasteiger charge is 2.57. The SMILES string of the molecule is CC1(OC(=O)[C@@H]2C[C@H]3C=C[C@H]2C3)C2CC3CC(C2)CC1C3. The molecule has 0 amide bonds. The highest BCUT2D eigenvalue weighted by atomic mass is 16.6. The summed E-state index contributed by atoms with van der Waals surface area (Å²) < 4.78 is 6.28. The van der Waals surface area contributed by atoms with Crippen LogP contribution in [0.25, 0.3) is 0 Å². The molecule has 0 spiro atoms. The molecule has 6 aliphatic carbocycles. The third-order valence-corrected chi connectivity index (χ3v) is 7.66. The fourth-order valence-corrected chi connectivity index (χ4v) is 6.63. The van der Waals surface area contributed by atoms with Crippen LogP contribution in [-0.2, 0) is 9.53 Å². The predicted octanol–water partition coefficient (Wildman–Crippen LogP) is 3.96. The van der Waals surface area contributed by atoms with E-state index in [1.807, 2.05) is 0 Å². The van der Waals surface area contributed by atoms with Gasteiger partial charge in [0.2, 0.25) is 0 Å². The van der Waals surface area contributed by atoms with Crippen LogP contribution in [0.1, 0.15) is 51.9 Å². The fraction of sp³-hybridized carbons (Fsp3) is 0.842. The lowest BCUT2D eigenvalue weighted by molar-refractivity contribution is -0.207. The number of carbonyl (C=O) groups excluding carboxylic acids is 1. The van der Waals surface area contributed by atoms with Crippen molar-refractivity contribution in [2.75, 3.05) is 0 Å². The number of fused-ring (bicyclic) bond motifs is 2. The van der Waals surface area contributed by atoms with Gasteiger partial charge in [-0.2, -0.15) is 0 Å². The molecule has 114 valence electrons. The van der Waals surface area contributed by atoms with Crippen LogP contribution >= 0.6 is 0 Å². The fourth-order valence-electron chi connectivity index (χ4n) is 6.63. The molecule has 0 N–H and O–H groups in total. The van der Waals surface area contributed by atoms with Crippen LogP contribution in [-0.4, -0.2) is 11.6 Å². The number of esters is 1. The molecular formula is C19H26O2. The zero-order valence-corrected chi connectivity index (χ0v) is 13.0. The van der Waals surface area contributed by atoms with Gasteiger partial charge in [0.1, 0.15) is 5.60 Å². The molecule has 0 unspecified atom stereocenters. The number of hydrogen-bond acceptors (Lipinski definition) is 2. The van der Waals surface area contributed by atoms with Crippen molar-refractivity contribution in [3.05, 3.63) is 12.2 Å². The maximum atomic E-state index is 12.8. The van der Waals surface area contributed by atoms with Crippen LogP contribution in [0.15, 0.2) is 12.2 Å². The van der Waals surface area contributed by atoms with E-state index in [0.717, 1.165) is 18.3 Å². The van der Waals surface area contributed by atoms with E-state index in [4.69, 9.17) is 4.74 Å². The van der Waals surface area contributed by atoms with Crippen molar-refractivity contribution in [2.24, 2.45) is 41.4 Å². The van der Waals surface area contributed by atoms with Crippen molar-refractivity contribution >= 4 is 5.97 Å². The van der Waals surface area contributed by atoms with Crippen LogP contribution in [0, 0.1) is 41.4 Å². The van der Waals surface area contributed by atoms with Gasteiger partial charge >= 0.3 is 5.97 Å². The summed E-state index contributed by atoms with van der Waals surface area (Å²) in [5.41, 5.74) is -0.143. The topological polar surface area (TPSA) is 26.3 Å². The van der Waals surface area contributed by atoms with Gasteiger partial charge in [-0.3, -0.25) is 4.79 Å². The van der Waals surface area contributed by atoms with Crippen molar-refractivity contribution < 1.29 is 9.53 Å². The molecule has 0 aromatic heterocycles. The lowest BCUT2D eigenvalue weighted by Crippen LogP contribution is -2.58. The molecule has 2 heteroatoms. The van der Waals surface area contributed by atoms with Gasteiger partial charge in [0.15, 0.2) is 0 Å². The molecule has 0 aromatic rings. The molecule has 0 heterocycles. The normalized spacial score (nSPS) is 56.1. The minimum atomic E-state index is -0.143. The second-order valence-electron chi connectivity index (χ2n) is 8.80. The summed E-state index contributed by atoms with van der Waals surface area (Å²) in [6.45, 7) is 2.26. The molecule has 2 nitrogen and oxygen atoms in total. The quantitative estimate of drug-likeness (QED) is 0.567. The van der Waals surface area contributed by atoms with Gasteiger partial charge < -0.3 is 4.74 Å². The highest BCUT2D eigenvalue weighted by molar-refractivity contribution is 5.74. The third kappa shape index (κ3) is 1.74. The van der Waals surface area contributed by atoms with E-state index in [-0.39, 0.29) is 17.5 Å². The van der Waals surface area contributed by atoms with Crippen molar-refractivity contribution in [3.8, 4) is 0 Å². The maximum Gasteiger partial charge on any atom is 0.310 e. The monoisotopic (exact) mass is 286 g/mol. The van der Waals surface area contributed by atoms with Crippen molar-refractivity contribution in [1.82, 2.24) is 0 Å². The van der Waals surface area contributed by atoms with E-state index in [1.54, 1.807) is 0 Å². The molecule has 6 rings (SSSR count). The summed E-state index contributed by atoms with van der Waals surface area (Å²) >= 11 is 0. The number of allylic oxidation sites excluding steroid dienone is 2. The Balaban J connectivity index is 1.35. The average Bonchev–Trinajstić information content (AvgIpc) is 3.07. The second kappa shape index (κ2) is 4.14. The zero-order chi connectivity index (χ0) is 14.2. The van der Waals surface area contributed by atoms with E-state index in [2.05, 4.69) is 19.1 Å². The number of ether oxygens (including phenoxy) is 1. The van der Waals surface area contributed by atoms with Crippen molar-refractivity contribution in [1.29, 1.82) is 0 Å². The molecule has 6 aliphatic rings. The second-order valence-corrected chi connectivity index (χ2v) is 8.80. The summed E-state index contributed by atoms with van der Waals surface area (Å²) in [5, 5.41) is 0. The molecule has 5 fully saturated rings. The maximum absolute atomic E-state index is 12.8. The van der Waals surface area contributed by atoms with Gasteiger partial charge in [-0.15, -0.1) is 0 Å². The van der Waals surface area contributed by atoms with E-state index in [0.29, 0.717) is 23.7 Å². The van der Waals surface area contributed by atoms with E-state index in [1.165, 1.54) is 38.5 Å². The van der Waals surface area contributed by atoms with E-state index < -0.39 is 0 Å². The van der Waals surface area contributed by atoms with Crippen LogP contribution < -0.4 is 0 Å². The van der Waals surface area contributed by atoms with Crippen LogP contribution in [0.3, 0.4) is 0 Å². The average molecular weight is 286 g/mol. The summed E-state index contributed by atoms with van der Waals surface area (Å²) in [6, 6.07) is 0. The van der Waals surface area contributed by atoms with Gasteiger partial charge in [-0.1, -0.05) is 12.2 Å². The van der Waals surface area contributed by atoms with E-state index in [9.17, 15) is 4.79 Å². The molecule has 6 bridgehead atoms. The molecule has 0 aromatic carbocycles. The number of carbonyl (C=O) groups is 1. The van der Waals surface area contributed by atoms with Crippen LogP contribution in [0.4, 0.5) is 0 Å². The van der Waals surface area contributed by atoms with Gasteiger partial charge in [-0.25, -0.2) is 0 Å². The van der Waals surface area contributed by atoms with Gasteiger partial charge in [-0.05, 0) is 87.4 Å². The first-order valence-corrected chi connectivity index (χ1v) is 9.03. The number of rotatable bonds is 2. The van der Waals surface area contributed by atoms with Crippen molar-refractivity contribution in [3.63, 3.8) is 0 Å². The summed E-state index contributed by atoms with van der Waals surface area (Å²) in [4.78, 5) is 12.8. The Morgan fingerprint density at radius 1 is 0.952 bits per heavy atom. The Hall–Kier alpha value is -0.790. The number of hydrogen-bond donors (Lipinski definition) is 0. The molecule has 0 radical (unpaired) electrons. The minimum Gasteiger partial charge on any atom is -0.459 e. The van der Waals surface area contributed by atoms with E-state index >= 15 is 0 Å². The Morgan fingerprint density at radius 2 is 1.62 bits per heavy atom. The summed E-state index contributed by atoms with van der Waals surface area (Å²) in [6.07, 6.45) is 13.5. The van der Waals surface area contributed by atoms with Crippen LogP contribution in [0.2, 0.25) is 0 Å². The largest absolute Gasteiger partial charge is 0.459 e. The first-order chi connectivity index (χ1) is 10.1. The van der Waals surface area contributed by atoms with Gasteiger partial charge in [0.05, 0.1) is 5.92 Å². The Morgan fingerprint density at radius 3 is 2.14 bits per heavy atom. The molecule has 5 saturated carbocycles. The molecule has 0 saturated heterocycles. The summed E-state index contributed by atoms with van der Waals surface area (Å²) in [7, 11) is 0. The third-order valence-electron chi connectivity index (χ3n) is 7.66. The van der Waals surface area contributed by atoms with Crippen molar-refractivity contribution in [2.45, 2.75) is 57.5 Å². The summed E-state index contributed by atoms with van der Waals surface area (Å²) in [5.74, 6) is 4.57. The Bertz CT molecular complexity index is 478. The first-order valence-electron chi connectivity index (χ1n) is 9.03. The molecule has 0 aliphatic heterocycles. The first kappa shape index (κ1) is 12.7. The van der Waals surface area contributed by atoms with Crippen LogP contribution in [0.5, 0.6) is 0 Å². The minimum absolute atomic E-state index is 0.127. The smallest absolute Gasteiger partial charge is 0.310 e. The molecule has 21 heavy (non-hydrogen) atoms. The molecular weight excluding hydrogens is 260 g/mol. The van der Waals surface area contributed by atoms with Gasteiger partial charge in [0.25, 0.3) is 0 Å².